The minimum atomic E-state index is -1.32. The van der Waals surface area contributed by atoms with Gasteiger partial charge in [0, 0.05) is 0 Å². The van der Waals surface area contributed by atoms with E-state index in [1.54, 1.807) is 20.8 Å². The molecule has 90 valence electrons. The molecule has 1 saturated heterocycles. The summed E-state index contributed by atoms with van der Waals surface area (Å²) in [5.41, 5.74) is -0.751. The number of hydrogen-bond acceptors (Lipinski definition) is 5. The van der Waals surface area contributed by atoms with Gasteiger partial charge >= 0.3 is 18.2 Å². The summed E-state index contributed by atoms with van der Waals surface area (Å²) in [6, 6.07) is 0. The van der Waals surface area contributed by atoms with E-state index in [9.17, 15) is 14.4 Å². The minimum absolute atomic E-state index is 0.330. The zero-order valence-electron chi connectivity index (χ0n) is 9.22. The third kappa shape index (κ3) is 2.85. The van der Waals surface area contributed by atoms with Gasteiger partial charge in [0.1, 0.15) is 5.60 Å². The van der Waals surface area contributed by atoms with Gasteiger partial charge in [-0.05, 0) is 20.8 Å². The van der Waals surface area contributed by atoms with E-state index < -0.39 is 29.9 Å². The van der Waals surface area contributed by atoms with Gasteiger partial charge in [-0.2, -0.15) is 0 Å². The first-order valence-electron chi connectivity index (χ1n) is 4.64. The number of cyclic esters (lactones) is 1. The second-order valence-corrected chi connectivity index (χ2v) is 4.30. The Bertz CT molecular complexity index is 331. The Morgan fingerprint density at radius 3 is 2.44 bits per heavy atom. The Hall–Kier alpha value is -1.79. The number of hydrogen-bond donors (Lipinski definition) is 1. The van der Waals surface area contributed by atoms with E-state index in [4.69, 9.17) is 9.84 Å². The zero-order valence-corrected chi connectivity index (χ0v) is 9.22. The first-order valence-corrected chi connectivity index (χ1v) is 4.64. The first kappa shape index (κ1) is 12.3. The number of aliphatic carboxylic acids is 1. The first-order chi connectivity index (χ1) is 7.20. The number of rotatable bonds is 1. The molecule has 1 atom stereocenters. The second kappa shape index (κ2) is 3.99. The van der Waals surface area contributed by atoms with Crippen molar-refractivity contribution < 1.29 is 29.0 Å². The zero-order chi connectivity index (χ0) is 12.5. The standard InChI is InChI=1S/C9H13NO6/c1-9(2,3)16-8(14)10-4-5(6(11)12)15-7(10)13/h5H,4H2,1-3H3,(H,11,12)/t5-/m0/s1. The average Bonchev–Trinajstić information content (AvgIpc) is 2.44. The Morgan fingerprint density at radius 2 is 2.06 bits per heavy atom. The fourth-order valence-electron chi connectivity index (χ4n) is 1.06. The van der Waals surface area contributed by atoms with Gasteiger partial charge in [0.05, 0.1) is 6.54 Å². The lowest BCUT2D eigenvalue weighted by Gasteiger charge is -2.21. The molecule has 7 nitrogen and oxygen atoms in total. The predicted octanol–water partition coefficient (Wildman–Crippen LogP) is 0.827. The van der Waals surface area contributed by atoms with Gasteiger partial charge in [0.25, 0.3) is 0 Å². The molecule has 1 heterocycles. The van der Waals surface area contributed by atoms with Crippen molar-refractivity contribution in [2.24, 2.45) is 0 Å². The third-order valence-corrected chi connectivity index (χ3v) is 1.70. The highest BCUT2D eigenvalue weighted by Crippen LogP contribution is 2.16. The lowest BCUT2D eigenvalue weighted by Crippen LogP contribution is -2.38. The summed E-state index contributed by atoms with van der Waals surface area (Å²) >= 11 is 0. The molecule has 1 aliphatic heterocycles. The monoisotopic (exact) mass is 231 g/mol. The minimum Gasteiger partial charge on any atom is -0.478 e. The molecule has 0 unspecified atom stereocenters. The number of carboxylic acids is 1. The number of imide groups is 1. The van der Waals surface area contributed by atoms with Gasteiger partial charge in [-0.25, -0.2) is 19.3 Å². The Kier molecular flexibility index (Phi) is 3.06. The van der Waals surface area contributed by atoms with Crippen LogP contribution in [-0.4, -0.2) is 46.4 Å². The van der Waals surface area contributed by atoms with Crippen molar-refractivity contribution >= 4 is 18.2 Å². The largest absolute Gasteiger partial charge is 0.478 e. The number of carbonyl (C=O) groups excluding carboxylic acids is 2. The number of carbonyl (C=O) groups is 3. The predicted molar refractivity (Wildman–Crippen MR) is 50.8 cm³/mol. The van der Waals surface area contributed by atoms with Gasteiger partial charge in [-0.3, -0.25) is 0 Å². The highest BCUT2D eigenvalue weighted by molar-refractivity contribution is 5.92. The van der Waals surface area contributed by atoms with E-state index in [-0.39, 0.29) is 6.54 Å². The van der Waals surface area contributed by atoms with Crippen LogP contribution in [0.15, 0.2) is 0 Å². The van der Waals surface area contributed by atoms with Crippen LogP contribution in [0.5, 0.6) is 0 Å². The van der Waals surface area contributed by atoms with Crippen LogP contribution in [0.3, 0.4) is 0 Å². The van der Waals surface area contributed by atoms with Crippen LogP contribution in [0.1, 0.15) is 20.8 Å². The number of ether oxygens (including phenoxy) is 2. The Morgan fingerprint density at radius 1 is 1.50 bits per heavy atom. The summed E-state index contributed by atoms with van der Waals surface area (Å²) in [6.07, 6.45) is -3.22. The maximum Gasteiger partial charge on any atom is 0.420 e. The number of carboxylic acid groups (broad SMARTS) is 1. The van der Waals surface area contributed by atoms with E-state index >= 15 is 0 Å². The van der Waals surface area contributed by atoms with Crippen molar-refractivity contribution in [1.82, 2.24) is 4.90 Å². The third-order valence-electron chi connectivity index (χ3n) is 1.70. The maximum atomic E-state index is 11.4. The van der Waals surface area contributed by atoms with Crippen LogP contribution >= 0.6 is 0 Å². The van der Waals surface area contributed by atoms with E-state index in [0.29, 0.717) is 4.90 Å². The summed E-state index contributed by atoms with van der Waals surface area (Å²) in [5.74, 6) is -1.29. The highest BCUT2D eigenvalue weighted by Gasteiger charge is 2.41. The highest BCUT2D eigenvalue weighted by atomic mass is 16.6. The van der Waals surface area contributed by atoms with Crippen LogP contribution < -0.4 is 0 Å². The fraction of sp³-hybridized carbons (Fsp3) is 0.667. The van der Waals surface area contributed by atoms with Crippen LogP contribution in [0.25, 0.3) is 0 Å². The number of amides is 2. The molecule has 0 aliphatic carbocycles. The van der Waals surface area contributed by atoms with Gasteiger partial charge in [0.15, 0.2) is 0 Å². The van der Waals surface area contributed by atoms with Crippen molar-refractivity contribution in [3.05, 3.63) is 0 Å². The van der Waals surface area contributed by atoms with Crippen molar-refractivity contribution in [3.8, 4) is 0 Å². The molecule has 0 radical (unpaired) electrons. The van der Waals surface area contributed by atoms with Crippen molar-refractivity contribution in [3.63, 3.8) is 0 Å². The van der Waals surface area contributed by atoms with E-state index in [2.05, 4.69) is 4.74 Å². The molecule has 0 bridgehead atoms. The van der Waals surface area contributed by atoms with Gasteiger partial charge < -0.3 is 14.6 Å². The smallest absolute Gasteiger partial charge is 0.420 e. The van der Waals surface area contributed by atoms with Gasteiger partial charge in [-0.1, -0.05) is 0 Å². The van der Waals surface area contributed by atoms with Crippen LogP contribution in [0, 0.1) is 0 Å². The summed E-state index contributed by atoms with van der Waals surface area (Å²) in [6.45, 7) is 4.59. The topological polar surface area (TPSA) is 93.1 Å². The second-order valence-electron chi connectivity index (χ2n) is 4.30. The molecule has 16 heavy (non-hydrogen) atoms. The summed E-state index contributed by atoms with van der Waals surface area (Å²) in [7, 11) is 0. The van der Waals surface area contributed by atoms with E-state index in [0.717, 1.165) is 0 Å². The summed E-state index contributed by atoms with van der Waals surface area (Å²) < 4.78 is 9.37. The molecule has 0 aromatic heterocycles. The fourth-order valence-corrected chi connectivity index (χ4v) is 1.06. The lowest BCUT2D eigenvalue weighted by molar-refractivity contribution is -0.144. The quantitative estimate of drug-likeness (QED) is 0.718. The van der Waals surface area contributed by atoms with Crippen molar-refractivity contribution in [1.29, 1.82) is 0 Å². The van der Waals surface area contributed by atoms with E-state index in [1.807, 2.05) is 0 Å². The molecule has 1 N–H and O–H groups in total. The molecule has 1 fully saturated rings. The lowest BCUT2D eigenvalue weighted by atomic mass is 10.2. The molecule has 0 aromatic carbocycles. The molecule has 1 aliphatic rings. The van der Waals surface area contributed by atoms with Crippen molar-refractivity contribution in [2.45, 2.75) is 32.5 Å². The Labute approximate surface area is 91.9 Å². The molecule has 0 saturated carbocycles. The van der Waals surface area contributed by atoms with Gasteiger partial charge in [-0.15, -0.1) is 0 Å². The number of nitrogens with zero attached hydrogens (tertiary/aromatic N) is 1. The molecule has 2 amide bonds. The SMILES string of the molecule is CC(C)(C)OC(=O)N1C[C@@H](C(=O)O)OC1=O. The van der Waals surface area contributed by atoms with Crippen LogP contribution in [0.4, 0.5) is 9.59 Å². The van der Waals surface area contributed by atoms with E-state index in [1.165, 1.54) is 0 Å². The Balaban J connectivity index is 2.65. The molecule has 0 aromatic rings. The van der Waals surface area contributed by atoms with Crippen LogP contribution in [-0.2, 0) is 14.3 Å². The summed E-state index contributed by atoms with van der Waals surface area (Å²) in [4.78, 5) is 33.8. The molecule has 1 rings (SSSR count). The molecule has 0 spiro atoms. The van der Waals surface area contributed by atoms with Gasteiger partial charge in [0.2, 0.25) is 6.10 Å². The molecular weight excluding hydrogens is 218 g/mol. The summed E-state index contributed by atoms with van der Waals surface area (Å²) in [5, 5.41) is 8.61. The molecule has 7 heteroatoms. The average molecular weight is 231 g/mol. The normalized spacial score (nSPS) is 20.6. The van der Waals surface area contributed by atoms with Crippen molar-refractivity contribution in [2.75, 3.05) is 6.54 Å². The van der Waals surface area contributed by atoms with Crippen LogP contribution in [0.2, 0.25) is 0 Å². The maximum absolute atomic E-state index is 11.4. The molecular formula is C9H13NO6.